The number of hydrogen-bond acceptors (Lipinski definition) is 3. The molecule has 5 heteroatoms. The molecule has 0 aliphatic rings. The maximum atomic E-state index is 10.8. The smallest absolute Gasteiger partial charge is 0.336 e. The minimum absolute atomic E-state index is 0.161. The van der Waals surface area contributed by atoms with E-state index in [-0.39, 0.29) is 6.04 Å². The summed E-state index contributed by atoms with van der Waals surface area (Å²) in [7, 11) is 0. The standard InChI is InChI=1S/C14H14ClNO2S/c1-9(10-3-2-4-12(15)5-10)16-7-13-6-11(8-19-13)14(17)18/h2-6,8-9,16H,7H2,1H3,(H,17,18)/t9-/m1/s1. The first-order valence-electron chi connectivity index (χ1n) is 5.86. The quantitative estimate of drug-likeness (QED) is 0.878. The van der Waals surface area contributed by atoms with Crippen LogP contribution in [0.5, 0.6) is 0 Å². The average Bonchev–Trinajstić information content (AvgIpc) is 2.85. The van der Waals surface area contributed by atoms with E-state index in [2.05, 4.69) is 12.2 Å². The van der Waals surface area contributed by atoms with Gasteiger partial charge in [-0.05, 0) is 30.7 Å². The first kappa shape index (κ1) is 14.1. The summed E-state index contributed by atoms with van der Waals surface area (Å²) in [5.74, 6) is -0.884. The highest BCUT2D eigenvalue weighted by molar-refractivity contribution is 7.10. The monoisotopic (exact) mass is 295 g/mol. The molecule has 0 aliphatic heterocycles. The molecule has 0 saturated heterocycles. The van der Waals surface area contributed by atoms with Gasteiger partial charge in [0, 0.05) is 27.9 Å². The molecule has 0 aliphatic carbocycles. The summed E-state index contributed by atoms with van der Waals surface area (Å²) in [4.78, 5) is 11.8. The lowest BCUT2D eigenvalue weighted by Crippen LogP contribution is -2.17. The largest absolute Gasteiger partial charge is 0.478 e. The number of carboxylic acid groups (broad SMARTS) is 1. The van der Waals surface area contributed by atoms with Gasteiger partial charge in [0.05, 0.1) is 5.56 Å². The summed E-state index contributed by atoms with van der Waals surface area (Å²) in [6.45, 7) is 2.70. The highest BCUT2D eigenvalue weighted by Gasteiger charge is 2.09. The molecule has 19 heavy (non-hydrogen) atoms. The molecule has 1 aromatic carbocycles. The van der Waals surface area contributed by atoms with Gasteiger partial charge >= 0.3 is 5.97 Å². The maximum absolute atomic E-state index is 10.8. The lowest BCUT2D eigenvalue weighted by atomic mass is 10.1. The van der Waals surface area contributed by atoms with Crippen molar-refractivity contribution in [3.05, 3.63) is 56.7 Å². The minimum atomic E-state index is -0.884. The van der Waals surface area contributed by atoms with E-state index in [1.54, 1.807) is 11.4 Å². The topological polar surface area (TPSA) is 49.3 Å². The van der Waals surface area contributed by atoms with Gasteiger partial charge in [0.15, 0.2) is 0 Å². The second-order valence-corrected chi connectivity index (χ2v) is 5.70. The number of hydrogen-bond donors (Lipinski definition) is 2. The zero-order chi connectivity index (χ0) is 13.8. The maximum Gasteiger partial charge on any atom is 0.336 e. The van der Waals surface area contributed by atoms with Crippen molar-refractivity contribution in [2.45, 2.75) is 19.5 Å². The number of rotatable bonds is 5. The van der Waals surface area contributed by atoms with Crippen LogP contribution in [0.15, 0.2) is 35.7 Å². The second-order valence-electron chi connectivity index (χ2n) is 4.26. The normalized spacial score (nSPS) is 12.3. The molecule has 1 heterocycles. The number of thiophene rings is 1. The van der Waals surface area contributed by atoms with Crippen molar-refractivity contribution in [2.24, 2.45) is 0 Å². The van der Waals surface area contributed by atoms with Crippen LogP contribution in [0.25, 0.3) is 0 Å². The molecule has 2 N–H and O–H groups in total. The van der Waals surface area contributed by atoms with Gasteiger partial charge in [-0.2, -0.15) is 0 Å². The minimum Gasteiger partial charge on any atom is -0.478 e. The van der Waals surface area contributed by atoms with Gasteiger partial charge in [0.1, 0.15) is 0 Å². The molecule has 2 rings (SSSR count). The number of halogens is 1. The highest BCUT2D eigenvalue weighted by atomic mass is 35.5. The number of carbonyl (C=O) groups is 1. The van der Waals surface area contributed by atoms with Crippen LogP contribution in [-0.4, -0.2) is 11.1 Å². The molecule has 0 radical (unpaired) electrons. The molecule has 1 atom stereocenters. The van der Waals surface area contributed by atoms with E-state index >= 15 is 0 Å². The van der Waals surface area contributed by atoms with E-state index in [4.69, 9.17) is 16.7 Å². The fraction of sp³-hybridized carbons (Fsp3) is 0.214. The zero-order valence-corrected chi connectivity index (χ0v) is 12.0. The molecular formula is C14H14ClNO2S. The Bertz CT molecular complexity index is 582. The Labute approximate surface area is 120 Å². The fourth-order valence-corrected chi connectivity index (χ4v) is 2.74. The van der Waals surface area contributed by atoms with Gasteiger partial charge < -0.3 is 10.4 Å². The molecular weight excluding hydrogens is 282 g/mol. The van der Waals surface area contributed by atoms with Crippen molar-refractivity contribution in [1.29, 1.82) is 0 Å². The summed E-state index contributed by atoms with van der Waals surface area (Å²) in [6.07, 6.45) is 0. The Morgan fingerprint density at radius 1 is 1.47 bits per heavy atom. The van der Waals surface area contributed by atoms with E-state index in [1.165, 1.54) is 11.3 Å². The Morgan fingerprint density at radius 3 is 2.89 bits per heavy atom. The van der Waals surface area contributed by atoms with Crippen LogP contribution in [-0.2, 0) is 6.54 Å². The van der Waals surface area contributed by atoms with E-state index in [1.807, 2.05) is 24.3 Å². The molecule has 100 valence electrons. The van der Waals surface area contributed by atoms with Crippen molar-refractivity contribution in [3.8, 4) is 0 Å². The van der Waals surface area contributed by atoms with E-state index in [0.29, 0.717) is 12.1 Å². The molecule has 0 amide bonds. The van der Waals surface area contributed by atoms with Crippen LogP contribution in [0, 0.1) is 0 Å². The summed E-state index contributed by atoms with van der Waals surface area (Å²) in [5, 5.41) is 14.6. The molecule has 3 nitrogen and oxygen atoms in total. The van der Waals surface area contributed by atoms with E-state index in [9.17, 15) is 4.79 Å². The summed E-state index contributed by atoms with van der Waals surface area (Å²) in [6, 6.07) is 9.57. The summed E-state index contributed by atoms with van der Waals surface area (Å²) in [5.41, 5.74) is 1.46. The van der Waals surface area contributed by atoms with Crippen molar-refractivity contribution in [3.63, 3.8) is 0 Å². The number of carboxylic acids is 1. The highest BCUT2D eigenvalue weighted by Crippen LogP contribution is 2.19. The lowest BCUT2D eigenvalue weighted by Gasteiger charge is -2.13. The number of benzene rings is 1. The van der Waals surface area contributed by atoms with Crippen molar-refractivity contribution < 1.29 is 9.90 Å². The Morgan fingerprint density at radius 2 is 2.26 bits per heavy atom. The predicted molar refractivity (Wildman–Crippen MR) is 78.0 cm³/mol. The van der Waals surface area contributed by atoms with Crippen molar-refractivity contribution in [2.75, 3.05) is 0 Å². The van der Waals surface area contributed by atoms with E-state index < -0.39 is 5.97 Å². The Hall–Kier alpha value is -1.36. The van der Waals surface area contributed by atoms with Crippen molar-refractivity contribution >= 4 is 28.9 Å². The Kier molecular flexibility index (Phi) is 4.58. The molecule has 0 fully saturated rings. The summed E-state index contributed by atoms with van der Waals surface area (Å²) < 4.78 is 0. The van der Waals surface area contributed by atoms with Crippen LogP contribution < -0.4 is 5.32 Å². The Balaban J connectivity index is 1.96. The van der Waals surface area contributed by atoms with Gasteiger partial charge in [-0.1, -0.05) is 23.7 Å². The molecule has 1 aromatic heterocycles. The van der Waals surface area contributed by atoms with Gasteiger partial charge in [-0.25, -0.2) is 4.79 Å². The molecule has 2 aromatic rings. The van der Waals surface area contributed by atoms with Crippen LogP contribution in [0.1, 0.15) is 33.8 Å². The first-order valence-corrected chi connectivity index (χ1v) is 7.11. The first-order chi connectivity index (χ1) is 9.06. The zero-order valence-electron chi connectivity index (χ0n) is 10.4. The predicted octanol–water partition coefficient (Wildman–Crippen LogP) is 3.95. The number of aromatic carboxylic acids is 1. The SMILES string of the molecule is C[C@@H](NCc1cc(C(=O)O)cs1)c1cccc(Cl)c1. The second kappa shape index (κ2) is 6.19. The molecule has 0 saturated carbocycles. The summed E-state index contributed by atoms with van der Waals surface area (Å²) >= 11 is 7.40. The third-order valence-electron chi connectivity index (χ3n) is 2.83. The van der Waals surface area contributed by atoms with Gasteiger partial charge in [-0.3, -0.25) is 0 Å². The van der Waals surface area contributed by atoms with Crippen LogP contribution in [0.3, 0.4) is 0 Å². The van der Waals surface area contributed by atoms with Gasteiger partial charge in [-0.15, -0.1) is 11.3 Å². The average molecular weight is 296 g/mol. The number of nitrogens with one attached hydrogen (secondary N) is 1. The van der Waals surface area contributed by atoms with Gasteiger partial charge in [0.25, 0.3) is 0 Å². The molecule has 0 spiro atoms. The van der Waals surface area contributed by atoms with Gasteiger partial charge in [0.2, 0.25) is 0 Å². The lowest BCUT2D eigenvalue weighted by molar-refractivity contribution is 0.0697. The fourth-order valence-electron chi connectivity index (χ4n) is 1.73. The molecule has 0 bridgehead atoms. The van der Waals surface area contributed by atoms with Crippen molar-refractivity contribution in [1.82, 2.24) is 5.32 Å². The molecule has 0 unspecified atom stereocenters. The van der Waals surface area contributed by atoms with Crippen LogP contribution in [0.2, 0.25) is 5.02 Å². The third-order valence-corrected chi connectivity index (χ3v) is 4.00. The van der Waals surface area contributed by atoms with E-state index in [0.717, 1.165) is 15.5 Å². The third kappa shape index (κ3) is 3.80. The van der Waals surface area contributed by atoms with Crippen LogP contribution >= 0.6 is 22.9 Å². The van der Waals surface area contributed by atoms with Crippen LogP contribution in [0.4, 0.5) is 0 Å².